The second-order valence-electron chi connectivity index (χ2n) is 2.89. The number of pyridine rings is 1. The Morgan fingerprint density at radius 2 is 2.29 bits per heavy atom. The standard InChI is InChI=1S/C8H5N5O/c14-8-6-3-9-2-1-5(6)7-11-10-4-13(7)12-8/h1-4H,(H,12,14). The van der Waals surface area contributed by atoms with Crippen LogP contribution in [0.4, 0.5) is 0 Å². The van der Waals surface area contributed by atoms with Gasteiger partial charge >= 0.3 is 0 Å². The van der Waals surface area contributed by atoms with Crippen molar-refractivity contribution in [1.82, 2.24) is 24.8 Å². The van der Waals surface area contributed by atoms with E-state index in [9.17, 15) is 4.79 Å². The average Bonchev–Trinajstić information content (AvgIpc) is 2.66. The highest BCUT2D eigenvalue weighted by atomic mass is 16.1. The van der Waals surface area contributed by atoms with Crippen LogP contribution in [0.2, 0.25) is 0 Å². The van der Waals surface area contributed by atoms with Crippen LogP contribution in [0.1, 0.15) is 0 Å². The van der Waals surface area contributed by atoms with E-state index in [2.05, 4.69) is 20.3 Å². The molecule has 14 heavy (non-hydrogen) atoms. The second-order valence-corrected chi connectivity index (χ2v) is 2.89. The van der Waals surface area contributed by atoms with Crippen molar-refractivity contribution in [2.45, 2.75) is 0 Å². The molecule has 0 aliphatic rings. The lowest BCUT2D eigenvalue weighted by Gasteiger charge is -1.96. The summed E-state index contributed by atoms with van der Waals surface area (Å²) in [6.45, 7) is 0. The molecule has 0 aliphatic heterocycles. The third-order valence-electron chi connectivity index (χ3n) is 2.08. The lowest BCUT2D eigenvalue weighted by atomic mass is 10.2. The maximum atomic E-state index is 11.5. The Labute approximate surface area is 77.2 Å². The molecule has 0 atom stereocenters. The Morgan fingerprint density at radius 3 is 3.21 bits per heavy atom. The minimum atomic E-state index is -0.194. The first-order valence-corrected chi connectivity index (χ1v) is 4.02. The number of fused-ring (bicyclic) bond motifs is 3. The number of rotatable bonds is 0. The Balaban J connectivity index is 2.74. The minimum Gasteiger partial charge on any atom is -0.267 e. The van der Waals surface area contributed by atoms with Crippen LogP contribution in [0.25, 0.3) is 16.4 Å². The van der Waals surface area contributed by atoms with Crippen molar-refractivity contribution in [3.8, 4) is 0 Å². The summed E-state index contributed by atoms with van der Waals surface area (Å²) in [5.74, 6) is 0. The highest BCUT2D eigenvalue weighted by molar-refractivity contribution is 5.91. The van der Waals surface area contributed by atoms with Crippen LogP contribution < -0.4 is 5.56 Å². The zero-order chi connectivity index (χ0) is 9.54. The molecule has 3 aromatic rings. The molecule has 1 N–H and O–H groups in total. The van der Waals surface area contributed by atoms with Crippen LogP contribution in [-0.2, 0) is 0 Å². The van der Waals surface area contributed by atoms with E-state index < -0.39 is 0 Å². The van der Waals surface area contributed by atoms with Gasteiger partial charge in [-0.1, -0.05) is 0 Å². The van der Waals surface area contributed by atoms with Gasteiger partial charge in [0.1, 0.15) is 6.33 Å². The van der Waals surface area contributed by atoms with E-state index in [1.165, 1.54) is 17.0 Å². The molecule has 6 heteroatoms. The first-order valence-electron chi connectivity index (χ1n) is 4.02. The maximum Gasteiger partial charge on any atom is 0.272 e. The molecule has 0 aromatic carbocycles. The number of H-pyrrole nitrogens is 1. The Bertz CT molecular complexity index is 668. The van der Waals surface area contributed by atoms with Crippen LogP contribution >= 0.6 is 0 Å². The first-order chi connectivity index (χ1) is 6.86. The molecule has 68 valence electrons. The number of nitrogens with zero attached hydrogens (tertiary/aromatic N) is 4. The van der Waals surface area contributed by atoms with E-state index in [-0.39, 0.29) is 5.56 Å². The largest absolute Gasteiger partial charge is 0.272 e. The van der Waals surface area contributed by atoms with Crippen LogP contribution in [-0.4, -0.2) is 24.8 Å². The van der Waals surface area contributed by atoms with Gasteiger partial charge in [0.05, 0.1) is 5.39 Å². The molecule has 3 heterocycles. The van der Waals surface area contributed by atoms with Crippen molar-refractivity contribution >= 4 is 16.4 Å². The van der Waals surface area contributed by atoms with E-state index in [1.54, 1.807) is 12.3 Å². The summed E-state index contributed by atoms with van der Waals surface area (Å²) >= 11 is 0. The molecule has 0 fully saturated rings. The van der Waals surface area contributed by atoms with Crippen molar-refractivity contribution in [2.75, 3.05) is 0 Å². The molecule has 0 spiro atoms. The lowest BCUT2D eigenvalue weighted by Crippen LogP contribution is -2.11. The Hall–Kier alpha value is -2.24. The monoisotopic (exact) mass is 187 g/mol. The quantitative estimate of drug-likeness (QED) is 0.536. The summed E-state index contributed by atoms with van der Waals surface area (Å²) in [7, 11) is 0. The van der Waals surface area contributed by atoms with E-state index in [0.717, 1.165) is 5.39 Å². The molecule has 0 radical (unpaired) electrons. The third kappa shape index (κ3) is 0.792. The van der Waals surface area contributed by atoms with Gasteiger partial charge in [-0.05, 0) is 6.07 Å². The average molecular weight is 187 g/mol. The second kappa shape index (κ2) is 2.38. The van der Waals surface area contributed by atoms with Crippen molar-refractivity contribution in [3.63, 3.8) is 0 Å². The highest BCUT2D eigenvalue weighted by Crippen LogP contribution is 2.10. The van der Waals surface area contributed by atoms with Gasteiger partial charge < -0.3 is 0 Å². The molecular weight excluding hydrogens is 182 g/mol. The van der Waals surface area contributed by atoms with Crippen molar-refractivity contribution < 1.29 is 0 Å². The summed E-state index contributed by atoms with van der Waals surface area (Å²) in [6, 6.07) is 1.74. The summed E-state index contributed by atoms with van der Waals surface area (Å²) in [6.07, 6.45) is 4.59. The van der Waals surface area contributed by atoms with Gasteiger partial charge in [-0.2, -0.15) is 0 Å². The van der Waals surface area contributed by atoms with E-state index in [0.29, 0.717) is 11.0 Å². The molecule has 6 nitrogen and oxygen atoms in total. The molecule has 0 bridgehead atoms. The number of hydrogen-bond donors (Lipinski definition) is 1. The van der Waals surface area contributed by atoms with Gasteiger partial charge in [0.2, 0.25) is 0 Å². The molecule has 3 aromatic heterocycles. The Kier molecular flexibility index (Phi) is 1.22. The van der Waals surface area contributed by atoms with Crippen LogP contribution in [0.3, 0.4) is 0 Å². The predicted octanol–water partition coefficient (Wildman–Crippen LogP) is -0.0342. The molecule has 0 unspecified atom stereocenters. The van der Waals surface area contributed by atoms with Crippen molar-refractivity contribution in [1.29, 1.82) is 0 Å². The number of hydrogen-bond acceptors (Lipinski definition) is 4. The smallest absolute Gasteiger partial charge is 0.267 e. The Morgan fingerprint density at radius 1 is 1.36 bits per heavy atom. The molecular formula is C8H5N5O. The summed E-state index contributed by atoms with van der Waals surface area (Å²) < 4.78 is 1.49. The molecule has 0 amide bonds. The molecule has 0 saturated heterocycles. The number of aromatic amines is 1. The van der Waals surface area contributed by atoms with Crippen LogP contribution in [0, 0.1) is 0 Å². The highest BCUT2D eigenvalue weighted by Gasteiger charge is 2.05. The van der Waals surface area contributed by atoms with Crippen LogP contribution in [0.5, 0.6) is 0 Å². The first kappa shape index (κ1) is 7.19. The normalized spacial score (nSPS) is 11.1. The fourth-order valence-electron chi connectivity index (χ4n) is 1.44. The van der Waals surface area contributed by atoms with Gasteiger partial charge in [0, 0.05) is 17.8 Å². The van der Waals surface area contributed by atoms with Gasteiger partial charge in [-0.15, -0.1) is 10.2 Å². The van der Waals surface area contributed by atoms with E-state index >= 15 is 0 Å². The van der Waals surface area contributed by atoms with Crippen molar-refractivity contribution in [2.24, 2.45) is 0 Å². The van der Waals surface area contributed by atoms with E-state index in [4.69, 9.17) is 0 Å². The topological polar surface area (TPSA) is 75.9 Å². The van der Waals surface area contributed by atoms with Gasteiger partial charge in [0.25, 0.3) is 5.56 Å². The SMILES string of the molecule is O=c1[nH]n2cnnc2c2ccncc12. The molecule has 0 aliphatic carbocycles. The fraction of sp³-hybridized carbons (Fsp3) is 0. The number of nitrogens with one attached hydrogen (secondary N) is 1. The zero-order valence-corrected chi connectivity index (χ0v) is 7.01. The molecule has 3 rings (SSSR count). The summed E-state index contributed by atoms with van der Waals surface area (Å²) in [5, 5.41) is 11.5. The van der Waals surface area contributed by atoms with Gasteiger partial charge in [-0.3, -0.25) is 14.9 Å². The van der Waals surface area contributed by atoms with E-state index in [1.807, 2.05) is 0 Å². The third-order valence-corrected chi connectivity index (χ3v) is 2.08. The zero-order valence-electron chi connectivity index (χ0n) is 7.01. The lowest BCUT2D eigenvalue weighted by molar-refractivity contribution is 0.908. The van der Waals surface area contributed by atoms with Gasteiger partial charge in [-0.25, -0.2) is 4.52 Å². The summed E-state index contributed by atoms with van der Waals surface area (Å²) in [4.78, 5) is 15.4. The molecule has 0 saturated carbocycles. The maximum absolute atomic E-state index is 11.5. The number of aromatic nitrogens is 5. The van der Waals surface area contributed by atoms with Crippen LogP contribution in [0.15, 0.2) is 29.6 Å². The van der Waals surface area contributed by atoms with Crippen molar-refractivity contribution in [3.05, 3.63) is 35.1 Å². The van der Waals surface area contributed by atoms with Gasteiger partial charge in [0.15, 0.2) is 5.65 Å². The fourth-order valence-corrected chi connectivity index (χ4v) is 1.44. The summed E-state index contributed by atoms with van der Waals surface area (Å²) in [5.41, 5.74) is 0.433. The predicted molar refractivity (Wildman–Crippen MR) is 48.9 cm³/mol. The minimum absolute atomic E-state index is 0.194.